The van der Waals surface area contributed by atoms with Gasteiger partial charge < -0.3 is 15.3 Å². The largest absolute Gasteiger partial charge is 0.481 e. The van der Waals surface area contributed by atoms with E-state index in [2.05, 4.69) is 20.5 Å². The molecule has 0 aliphatic heterocycles. The highest BCUT2D eigenvalue weighted by molar-refractivity contribution is 5.74. The fourth-order valence-electron chi connectivity index (χ4n) is 2.56. The zero-order chi connectivity index (χ0) is 15.5. The number of hydrogen-bond donors (Lipinski definition) is 3. The molecule has 0 radical (unpaired) electrons. The molecule has 116 valence electrons. The van der Waals surface area contributed by atoms with Crippen LogP contribution in [-0.4, -0.2) is 50.8 Å². The molecule has 1 saturated carbocycles. The first-order chi connectivity index (χ1) is 9.90. The Morgan fingerprint density at radius 3 is 2.67 bits per heavy atom. The second kappa shape index (κ2) is 6.11. The Morgan fingerprint density at radius 1 is 1.48 bits per heavy atom. The summed E-state index contributed by atoms with van der Waals surface area (Å²) in [6, 6.07) is -0.242. The number of hydrogen-bond acceptors (Lipinski definition) is 4. The van der Waals surface area contributed by atoms with Gasteiger partial charge in [-0.1, -0.05) is 6.42 Å². The number of carboxylic acid groups (broad SMARTS) is 1. The third-order valence-corrected chi connectivity index (χ3v) is 3.92. The van der Waals surface area contributed by atoms with Crippen molar-refractivity contribution < 1.29 is 14.7 Å². The van der Waals surface area contributed by atoms with Gasteiger partial charge in [-0.05, 0) is 25.2 Å². The van der Waals surface area contributed by atoms with Crippen molar-refractivity contribution in [1.29, 1.82) is 0 Å². The summed E-state index contributed by atoms with van der Waals surface area (Å²) in [7, 11) is 1.66. The van der Waals surface area contributed by atoms with Crippen LogP contribution in [0.25, 0.3) is 0 Å². The molecule has 0 unspecified atom stereocenters. The van der Waals surface area contributed by atoms with Crippen molar-refractivity contribution in [3.8, 4) is 0 Å². The maximum absolute atomic E-state index is 12.0. The van der Waals surface area contributed by atoms with E-state index in [0.717, 1.165) is 19.3 Å². The van der Waals surface area contributed by atoms with Crippen molar-refractivity contribution in [1.82, 2.24) is 25.4 Å². The van der Waals surface area contributed by atoms with E-state index in [1.165, 1.54) is 4.90 Å². The van der Waals surface area contributed by atoms with Crippen LogP contribution in [0.1, 0.15) is 37.3 Å². The Hall–Kier alpha value is -2.12. The van der Waals surface area contributed by atoms with Crippen LogP contribution in [0.5, 0.6) is 0 Å². The third kappa shape index (κ3) is 3.93. The summed E-state index contributed by atoms with van der Waals surface area (Å²) in [6.45, 7) is 2.50. The van der Waals surface area contributed by atoms with Crippen molar-refractivity contribution >= 4 is 12.0 Å². The van der Waals surface area contributed by atoms with Crippen LogP contribution in [-0.2, 0) is 11.3 Å². The molecular weight excluding hydrogens is 274 g/mol. The average molecular weight is 295 g/mol. The number of aromatic amines is 1. The average Bonchev–Trinajstić information content (AvgIpc) is 2.77. The zero-order valence-corrected chi connectivity index (χ0v) is 12.3. The molecule has 0 atom stereocenters. The second-order valence-electron chi connectivity index (χ2n) is 5.78. The highest BCUT2D eigenvalue weighted by Crippen LogP contribution is 2.43. The van der Waals surface area contributed by atoms with E-state index in [0.29, 0.717) is 24.7 Å². The quantitative estimate of drug-likeness (QED) is 0.722. The smallest absolute Gasteiger partial charge is 0.317 e. The Morgan fingerprint density at radius 2 is 2.19 bits per heavy atom. The molecule has 0 spiro atoms. The lowest BCUT2D eigenvalue weighted by molar-refractivity contribution is -0.141. The summed E-state index contributed by atoms with van der Waals surface area (Å²) >= 11 is 0. The predicted octanol–water partition coefficient (Wildman–Crippen LogP) is 0.900. The molecule has 2 rings (SSSR count). The molecule has 8 heteroatoms. The van der Waals surface area contributed by atoms with Crippen LogP contribution in [0.15, 0.2) is 0 Å². The lowest BCUT2D eigenvalue weighted by Crippen LogP contribution is -2.46. The lowest BCUT2D eigenvalue weighted by Gasteiger charge is -2.41. The number of carbonyl (C=O) groups is 2. The number of H-pyrrole nitrogens is 1. The molecule has 0 aromatic carbocycles. The van der Waals surface area contributed by atoms with Gasteiger partial charge in [0.15, 0.2) is 5.82 Å². The van der Waals surface area contributed by atoms with Crippen LogP contribution in [0.2, 0.25) is 0 Å². The fourth-order valence-corrected chi connectivity index (χ4v) is 2.56. The van der Waals surface area contributed by atoms with Crippen LogP contribution >= 0.6 is 0 Å². The van der Waals surface area contributed by atoms with Crippen molar-refractivity contribution in [2.75, 3.05) is 13.6 Å². The summed E-state index contributed by atoms with van der Waals surface area (Å²) in [4.78, 5) is 28.5. The van der Waals surface area contributed by atoms with Crippen molar-refractivity contribution in [2.45, 2.75) is 39.2 Å². The van der Waals surface area contributed by atoms with Gasteiger partial charge >= 0.3 is 12.0 Å². The highest BCUT2D eigenvalue weighted by atomic mass is 16.4. The number of amides is 2. The number of aliphatic carboxylic acids is 1. The third-order valence-electron chi connectivity index (χ3n) is 3.92. The molecule has 1 aromatic heterocycles. The number of nitrogens with one attached hydrogen (secondary N) is 2. The molecule has 1 heterocycles. The van der Waals surface area contributed by atoms with E-state index >= 15 is 0 Å². The van der Waals surface area contributed by atoms with Gasteiger partial charge in [0.25, 0.3) is 0 Å². The van der Waals surface area contributed by atoms with Gasteiger partial charge in [0.2, 0.25) is 0 Å². The molecule has 8 nitrogen and oxygen atoms in total. The van der Waals surface area contributed by atoms with Gasteiger partial charge in [-0.2, -0.15) is 5.10 Å². The molecule has 0 bridgehead atoms. The van der Waals surface area contributed by atoms with Crippen molar-refractivity contribution in [3.05, 3.63) is 11.6 Å². The van der Waals surface area contributed by atoms with Gasteiger partial charge in [-0.25, -0.2) is 9.78 Å². The van der Waals surface area contributed by atoms with Crippen molar-refractivity contribution in [2.24, 2.45) is 5.41 Å². The van der Waals surface area contributed by atoms with Gasteiger partial charge in [-0.15, -0.1) is 0 Å². The predicted molar refractivity (Wildman–Crippen MR) is 74.5 cm³/mol. The number of carbonyl (C=O) groups excluding carboxylic acids is 1. The van der Waals surface area contributed by atoms with E-state index in [4.69, 9.17) is 5.11 Å². The molecule has 1 aliphatic carbocycles. The van der Waals surface area contributed by atoms with E-state index < -0.39 is 5.97 Å². The first-order valence-corrected chi connectivity index (χ1v) is 6.99. The number of rotatable bonds is 6. The van der Waals surface area contributed by atoms with Crippen LogP contribution < -0.4 is 5.32 Å². The van der Waals surface area contributed by atoms with Crippen LogP contribution in [0.3, 0.4) is 0 Å². The topological polar surface area (TPSA) is 111 Å². The summed E-state index contributed by atoms with van der Waals surface area (Å²) in [5, 5.41) is 18.5. The van der Waals surface area contributed by atoms with E-state index in [1.807, 2.05) is 0 Å². The summed E-state index contributed by atoms with van der Waals surface area (Å²) < 4.78 is 0. The van der Waals surface area contributed by atoms with Gasteiger partial charge in [0.05, 0.1) is 13.0 Å². The Kier molecular flexibility index (Phi) is 4.44. The van der Waals surface area contributed by atoms with Gasteiger partial charge in [0, 0.05) is 13.6 Å². The number of urea groups is 1. The second-order valence-corrected chi connectivity index (χ2v) is 5.78. The van der Waals surface area contributed by atoms with E-state index in [9.17, 15) is 9.59 Å². The SMILES string of the molecule is Cc1nc(CN(C)C(=O)NCC2(CC(=O)O)CCC2)n[nH]1. The Balaban J connectivity index is 1.82. The molecule has 3 N–H and O–H groups in total. The van der Waals surface area contributed by atoms with Gasteiger partial charge in [-0.3, -0.25) is 9.89 Å². The zero-order valence-electron chi connectivity index (χ0n) is 12.3. The highest BCUT2D eigenvalue weighted by Gasteiger charge is 2.39. The normalized spacial score (nSPS) is 16.1. The molecule has 1 aliphatic rings. The molecule has 21 heavy (non-hydrogen) atoms. The monoisotopic (exact) mass is 295 g/mol. The fraction of sp³-hybridized carbons (Fsp3) is 0.692. The molecule has 1 aromatic rings. The maximum atomic E-state index is 12.0. The number of aryl methyl sites for hydroxylation is 1. The minimum Gasteiger partial charge on any atom is -0.481 e. The summed E-state index contributed by atoms with van der Waals surface area (Å²) in [5.41, 5.74) is -0.274. The standard InChI is InChI=1S/C13H21N5O3/c1-9-15-10(17-16-9)7-18(2)12(21)14-8-13(4-3-5-13)6-11(19)20/h3-8H2,1-2H3,(H,14,21)(H,19,20)(H,15,16,17). The summed E-state index contributed by atoms with van der Waals surface area (Å²) in [5.74, 6) is 0.441. The number of carboxylic acids is 1. The van der Waals surface area contributed by atoms with E-state index in [-0.39, 0.29) is 17.9 Å². The first kappa shape index (κ1) is 15.3. The number of nitrogens with zero attached hydrogens (tertiary/aromatic N) is 3. The van der Waals surface area contributed by atoms with Crippen molar-refractivity contribution in [3.63, 3.8) is 0 Å². The van der Waals surface area contributed by atoms with Crippen LogP contribution in [0.4, 0.5) is 4.79 Å². The Bertz CT molecular complexity index is 524. The molecular formula is C13H21N5O3. The van der Waals surface area contributed by atoms with Gasteiger partial charge in [0.1, 0.15) is 5.82 Å². The maximum Gasteiger partial charge on any atom is 0.317 e. The lowest BCUT2D eigenvalue weighted by atomic mass is 9.66. The molecule has 1 fully saturated rings. The van der Waals surface area contributed by atoms with E-state index in [1.54, 1.807) is 14.0 Å². The molecule has 2 amide bonds. The van der Waals surface area contributed by atoms with Crippen LogP contribution in [0, 0.1) is 12.3 Å². The summed E-state index contributed by atoms with van der Waals surface area (Å²) in [6.07, 6.45) is 2.83. The minimum atomic E-state index is -0.812. The number of aromatic nitrogens is 3. The minimum absolute atomic E-state index is 0.108. The Labute approximate surface area is 122 Å². The first-order valence-electron chi connectivity index (χ1n) is 6.99. The molecule has 0 saturated heterocycles.